The standard InChI is InChI=1S/C26H28N2O6/c1-16-21(17(2)34-27-16)15-32-23-12-11-20(14-24(23)31-4)26(30)33-18(3)25(29)28-13-7-9-19-8-5-6-10-22(19)28/h5-6,8,10-12,14,18H,7,9,13,15H2,1-4H3. The number of aryl methyl sites for hydroxylation is 3. The van der Waals surface area contributed by atoms with Gasteiger partial charge in [0.15, 0.2) is 17.6 Å². The highest BCUT2D eigenvalue weighted by molar-refractivity contribution is 6.00. The van der Waals surface area contributed by atoms with E-state index in [0.29, 0.717) is 23.8 Å². The van der Waals surface area contributed by atoms with E-state index in [1.165, 1.54) is 7.11 Å². The Hall–Kier alpha value is -3.81. The van der Waals surface area contributed by atoms with Crippen molar-refractivity contribution in [2.24, 2.45) is 0 Å². The van der Waals surface area contributed by atoms with E-state index in [0.717, 1.165) is 35.3 Å². The van der Waals surface area contributed by atoms with Gasteiger partial charge in [0.1, 0.15) is 12.4 Å². The summed E-state index contributed by atoms with van der Waals surface area (Å²) in [6, 6.07) is 12.6. The summed E-state index contributed by atoms with van der Waals surface area (Å²) in [5.74, 6) is 0.679. The summed E-state index contributed by atoms with van der Waals surface area (Å²) >= 11 is 0. The Bertz CT molecular complexity index is 1180. The van der Waals surface area contributed by atoms with E-state index < -0.39 is 12.1 Å². The largest absolute Gasteiger partial charge is 0.493 e. The monoisotopic (exact) mass is 464 g/mol. The molecule has 1 amide bonds. The Kier molecular flexibility index (Phi) is 6.86. The number of para-hydroxylation sites is 1. The van der Waals surface area contributed by atoms with Gasteiger partial charge in [-0.25, -0.2) is 4.79 Å². The lowest BCUT2D eigenvalue weighted by molar-refractivity contribution is -0.126. The minimum absolute atomic E-state index is 0.244. The number of fused-ring (bicyclic) bond motifs is 1. The fourth-order valence-electron chi connectivity index (χ4n) is 4.03. The summed E-state index contributed by atoms with van der Waals surface area (Å²) in [7, 11) is 1.49. The molecule has 1 aliphatic heterocycles. The molecule has 1 aliphatic rings. The highest BCUT2D eigenvalue weighted by Gasteiger charge is 2.29. The van der Waals surface area contributed by atoms with Crippen molar-refractivity contribution in [1.29, 1.82) is 0 Å². The molecular formula is C26H28N2O6. The van der Waals surface area contributed by atoms with E-state index in [-0.39, 0.29) is 18.1 Å². The van der Waals surface area contributed by atoms with Crippen molar-refractivity contribution in [3.05, 3.63) is 70.6 Å². The molecule has 1 atom stereocenters. The normalized spacial score (nSPS) is 13.7. The second-order valence-electron chi connectivity index (χ2n) is 8.23. The maximum Gasteiger partial charge on any atom is 0.339 e. The van der Waals surface area contributed by atoms with Gasteiger partial charge < -0.3 is 23.6 Å². The molecule has 4 rings (SSSR count). The Labute approximate surface area is 198 Å². The molecule has 2 heterocycles. The average molecular weight is 465 g/mol. The number of anilines is 1. The van der Waals surface area contributed by atoms with Gasteiger partial charge in [0.25, 0.3) is 5.91 Å². The number of ether oxygens (including phenoxy) is 3. The zero-order valence-electron chi connectivity index (χ0n) is 19.8. The van der Waals surface area contributed by atoms with E-state index >= 15 is 0 Å². The van der Waals surface area contributed by atoms with Crippen LogP contribution < -0.4 is 14.4 Å². The fraction of sp³-hybridized carbons (Fsp3) is 0.346. The van der Waals surface area contributed by atoms with E-state index in [1.807, 2.05) is 38.1 Å². The van der Waals surface area contributed by atoms with Gasteiger partial charge >= 0.3 is 5.97 Å². The zero-order chi connectivity index (χ0) is 24.2. The molecule has 3 aromatic rings. The van der Waals surface area contributed by atoms with Crippen molar-refractivity contribution >= 4 is 17.6 Å². The van der Waals surface area contributed by atoms with Crippen LogP contribution in [-0.4, -0.2) is 36.8 Å². The van der Waals surface area contributed by atoms with Crippen molar-refractivity contribution in [2.45, 2.75) is 46.3 Å². The molecule has 0 spiro atoms. The molecule has 1 unspecified atom stereocenters. The highest BCUT2D eigenvalue weighted by Crippen LogP contribution is 2.31. The average Bonchev–Trinajstić information content (AvgIpc) is 3.18. The Balaban J connectivity index is 1.43. The van der Waals surface area contributed by atoms with Gasteiger partial charge in [-0.3, -0.25) is 4.79 Å². The minimum Gasteiger partial charge on any atom is -0.493 e. The maximum absolute atomic E-state index is 13.0. The van der Waals surface area contributed by atoms with Crippen LogP contribution in [0.25, 0.3) is 0 Å². The molecule has 0 saturated heterocycles. The third-order valence-corrected chi connectivity index (χ3v) is 5.96. The van der Waals surface area contributed by atoms with Crippen molar-refractivity contribution in [1.82, 2.24) is 5.16 Å². The molecule has 34 heavy (non-hydrogen) atoms. The smallest absolute Gasteiger partial charge is 0.339 e. The van der Waals surface area contributed by atoms with Crippen LogP contribution in [0.2, 0.25) is 0 Å². The van der Waals surface area contributed by atoms with Crippen molar-refractivity contribution in [3.8, 4) is 11.5 Å². The van der Waals surface area contributed by atoms with E-state index in [9.17, 15) is 9.59 Å². The summed E-state index contributed by atoms with van der Waals surface area (Å²) < 4.78 is 21.9. The fourth-order valence-corrected chi connectivity index (χ4v) is 4.03. The van der Waals surface area contributed by atoms with Crippen LogP contribution in [-0.2, 0) is 22.6 Å². The Morgan fingerprint density at radius 2 is 1.94 bits per heavy atom. The second kappa shape index (κ2) is 9.99. The number of methoxy groups -OCH3 is 1. The number of hydrogen-bond acceptors (Lipinski definition) is 7. The molecule has 8 heteroatoms. The SMILES string of the molecule is COc1cc(C(=O)OC(C)C(=O)N2CCCc3ccccc32)ccc1OCc1c(C)noc1C. The molecule has 0 N–H and O–H groups in total. The summed E-state index contributed by atoms with van der Waals surface area (Å²) in [5, 5.41) is 3.92. The topological polar surface area (TPSA) is 91.1 Å². The second-order valence-corrected chi connectivity index (χ2v) is 8.23. The molecule has 0 fully saturated rings. The van der Waals surface area contributed by atoms with Crippen LogP contribution in [0.5, 0.6) is 11.5 Å². The lowest BCUT2D eigenvalue weighted by Crippen LogP contribution is -2.42. The van der Waals surface area contributed by atoms with Crippen molar-refractivity contribution in [3.63, 3.8) is 0 Å². The zero-order valence-corrected chi connectivity index (χ0v) is 19.8. The van der Waals surface area contributed by atoms with Gasteiger partial charge in [-0.2, -0.15) is 0 Å². The number of amides is 1. The molecule has 178 valence electrons. The van der Waals surface area contributed by atoms with Gasteiger partial charge in [-0.1, -0.05) is 23.4 Å². The molecule has 2 aromatic carbocycles. The van der Waals surface area contributed by atoms with Gasteiger partial charge in [0.2, 0.25) is 0 Å². The summed E-state index contributed by atoms with van der Waals surface area (Å²) in [5.41, 5.74) is 3.88. The first-order chi connectivity index (χ1) is 16.4. The number of aromatic nitrogens is 1. The summed E-state index contributed by atoms with van der Waals surface area (Å²) in [6.45, 7) is 6.11. The summed E-state index contributed by atoms with van der Waals surface area (Å²) in [4.78, 5) is 27.5. The quantitative estimate of drug-likeness (QED) is 0.479. The van der Waals surface area contributed by atoms with Crippen LogP contribution in [0.1, 0.15) is 46.3 Å². The van der Waals surface area contributed by atoms with E-state index in [4.69, 9.17) is 18.7 Å². The first-order valence-corrected chi connectivity index (χ1v) is 11.2. The number of hydrogen-bond donors (Lipinski definition) is 0. The first kappa shape index (κ1) is 23.4. The molecule has 0 aliphatic carbocycles. The maximum atomic E-state index is 13.0. The van der Waals surface area contributed by atoms with Crippen molar-refractivity contribution < 1.29 is 28.3 Å². The third kappa shape index (κ3) is 4.76. The van der Waals surface area contributed by atoms with Gasteiger partial charge in [-0.05, 0) is 63.4 Å². The number of nitrogens with zero attached hydrogens (tertiary/aromatic N) is 2. The minimum atomic E-state index is -0.930. The predicted molar refractivity (Wildman–Crippen MR) is 125 cm³/mol. The number of rotatable bonds is 7. The van der Waals surface area contributed by atoms with Crippen molar-refractivity contribution in [2.75, 3.05) is 18.6 Å². The molecule has 8 nitrogen and oxygen atoms in total. The highest BCUT2D eigenvalue weighted by atomic mass is 16.5. The Morgan fingerprint density at radius 3 is 2.68 bits per heavy atom. The molecular weight excluding hydrogens is 436 g/mol. The van der Waals surface area contributed by atoms with E-state index in [1.54, 1.807) is 30.0 Å². The third-order valence-electron chi connectivity index (χ3n) is 5.96. The lowest BCUT2D eigenvalue weighted by Gasteiger charge is -2.31. The number of benzene rings is 2. The number of esters is 1. The summed E-state index contributed by atoms with van der Waals surface area (Å²) in [6.07, 6.45) is 0.870. The predicted octanol–water partition coefficient (Wildman–Crippen LogP) is 4.40. The van der Waals surface area contributed by atoms with Crippen LogP contribution in [0.15, 0.2) is 47.0 Å². The first-order valence-electron chi connectivity index (χ1n) is 11.2. The van der Waals surface area contributed by atoms with Crippen LogP contribution >= 0.6 is 0 Å². The Morgan fingerprint density at radius 1 is 1.15 bits per heavy atom. The van der Waals surface area contributed by atoms with Crippen LogP contribution in [0.4, 0.5) is 5.69 Å². The lowest BCUT2D eigenvalue weighted by atomic mass is 10.0. The molecule has 0 saturated carbocycles. The van der Waals surface area contributed by atoms with Gasteiger partial charge in [0, 0.05) is 12.2 Å². The molecule has 1 aromatic heterocycles. The van der Waals surface area contributed by atoms with Gasteiger partial charge in [0.05, 0.1) is 23.9 Å². The van der Waals surface area contributed by atoms with Crippen LogP contribution in [0, 0.1) is 13.8 Å². The van der Waals surface area contributed by atoms with Crippen LogP contribution in [0.3, 0.4) is 0 Å². The number of carbonyl (C=O) groups excluding carboxylic acids is 2. The molecule has 0 radical (unpaired) electrons. The molecule has 0 bridgehead atoms. The van der Waals surface area contributed by atoms with Gasteiger partial charge in [-0.15, -0.1) is 0 Å². The number of carbonyl (C=O) groups is 2. The van der Waals surface area contributed by atoms with E-state index in [2.05, 4.69) is 5.16 Å².